The number of carbonyl (C=O) groups is 2. The molecule has 2 atom stereocenters. The molecule has 4 N–H and O–H groups in total. The van der Waals surface area contributed by atoms with Crippen LogP contribution in [0.2, 0.25) is 0 Å². The van der Waals surface area contributed by atoms with E-state index in [2.05, 4.69) is 54.7 Å². The molecule has 0 unspecified atom stereocenters. The normalized spacial score (nSPS) is 15.2. The number of amides is 1. The van der Waals surface area contributed by atoms with Gasteiger partial charge in [0.05, 0.1) is 0 Å². The van der Waals surface area contributed by atoms with Crippen LogP contribution in [0.15, 0.2) is 72.8 Å². The Labute approximate surface area is 201 Å². The maximum absolute atomic E-state index is 12.8. The van der Waals surface area contributed by atoms with Crippen LogP contribution in [0.4, 0.5) is 0 Å². The standard InChI is InChI=1S/C29H32N2O3/c1-19-16-24(21-6-3-2-4-7-21)14-15-25(19)26(22-8-5-9-22)18-31-28(32)23-12-10-20(11-13-23)17-27(30)29(33)34/h2-4,6-7,10-16,22,26-27H,5,8-9,17-18,30H2,1H3,(H,31,32)(H,33,34)/t26-,27+/m1/s1. The number of hydrogen-bond acceptors (Lipinski definition) is 3. The van der Waals surface area contributed by atoms with Crippen LogP contribution in [-0.4, -0.2) is 29.6 Å². The molecular weight excluding hydrogens is 424 g/mol. The Kier molecular flexibility index (Phi) is 7.43. The average molecular weight is 457 g/mol. The van der Waals surface area contributed by atoms with Crippen LogP contribution >= 0.6 is 0 Å². The molecule has 0 heterocycles. The second kappa shape index (κ2) is 10.7. The SMILES string of the molecule is Cc1cc(-c2ccccc2)ccc1[C@H](CNC(=O)c1ccc(C[C@H](N)C(=O)O)cc1)C1CCC1. The molecule has 1 amide bonds. The predicted octanol–water partition coefficient (Wildman–Crippen LogP) is 4.93. The van der Waals surface area contributed by atoms with Crippen molar-refractivity contribution in [3.05, 3.63) is 95.1 Å². The summed E-state index contributed by atoms with van der Waals surface area (Å²) in [4.78, 5) is 23.8. The molecule has 3 aromatic rings. The van der Waals surface area contributed by atoms with E-state index in [9.17, 15) is 9.59 Å². The number of hydrogen-bond donors (Lipinski definition) is 3. The molecule has 1 aliphatic carbocycles. The number of nitrogens with two attached hydrogens (primary N) is 1. The number of carbonyl (C=O) groups excluding carboxylic acids is 1. The highest BCUT2D eigenvalue weighted by Gasteiger charge is 2.30. The fourth-order valence-corrected chi connectivity index (χ4v) is 4.71. The minimum Gasteiger partial charge on any atom is -0.480 e. The van der Waals surface area contributed by atoms with Gasteiger partial charge < -0.3 is 16.2 Å². The summed E-state index contributed by atoms with van der Waals surface area (Å²) in [5, 5.41) is 12.1. The molecule has 4 rings (SSSR count). The van der Waals surface area contributed by atoms with Crippen LogP contribution in [0.5, 0.6) is 0 Å². The van der Waals surface area contributed by atoms with Crippen molar-refractivity contribution in [2.75, 3.05) is 6.54 Å². The Morgan fingerprint density at radius 1 is 1.00 bits per heavy atom. The second-order valence-corrected chi connectivity index (χ2v) is 9.29. The minimum absolute atomic E-state index is 0.114. The Bertz CT molecular complexity index is 1140. The van der Waals surface area contributed by atoms with E-state index in [0.29, 0.717) is 18.0 Å². The summed E-state index contributed by atoms with van der Waals surface area (Å²) < 4.78 is 0. The lowest BCUT2D eigenvalue weighted by atomic mass is 9.72. The highest BCUT2D eigenvalue weighted by molar-refractivity contribution is 5.94. The maximum Gasteiger partial charge on any atom is 0.320 e. The molecule has 0 radical (unpaired) electrons. The molecule has 3 aromatic carbocycles. The molecule has 1 fully saturated rings. The molecule has 0 spiro atoms. The third kappa shape index (κ3) is 5.54. The Morgan fingerprint density at radius 3 is 2.29 bits per heavy atom. The third-order valence-corrected chi connectivity index (χ3v) is 6.97. The van der Waals surface area contributed by atoms with Crippen molar-refractivity contribution < 1.29 is 14.7 Å². The Hall–Kier alpha value is -3.44. The van der Waals surface area contributed by atoms with E-state index in [1.54, 1.807) is 24.3 Å². The smallest absolute Gasteiger partial charge is 0.320 e. The van der Waals surface area contributed by atoms with Gasteiger partial charge in [-0.3, -0.25) is 9.59 Å². The molecule has 5 heteroatoms. The fraction of sp³-hybridized carbons (Fsp3) is 0.310. The summed E-state index contributed by atoms with van der Waals surface area (Å²) in [5.74, 6) is -0.273. The van der Waals surface area contributed by atoms with E-state index >= 15 is 0 Å². The predicted molar refractivity (Wildman–Crippen MR) is 135 cm³/mol. The lowest BCUT2D eigenvalue weighted by Crippen LogP contribution is -2.34. The van der Waals surface area contributed by atoms with E-state index < -0.39 is 12.0 Å². The lowest BCUT2D eigenvalue weighted by Gasteiger charge is -2.35. The summed E-state index contributed by atoms with van der Waals surface area (Å²) in [6.45, 7) is 2.76. The van der Waals surface area contributed by atoms with Crippen molar-refractivity contribution >= 4 is 11.9 Å². The first kappa shape index (κ1) is 23.7. The molecule has 5 nitrogen and oxygen atoms in total. The van der Waals surface area contributed by atoms with Crippen molar-refractivity contribution in [2.24, 2.45) is 11.7 Å². The summed E-state index contributed by atoms with van der Waals surface area (Å²) in [7, 11) is 0. The summed E-state index contributed by atoms with van der Waals surface area (Å²) >= 11 is 0. The topological polar surface area (TPSA) is 92.4 Å². The molecule has 1 aliphatic rings. The first-order chi connectivity index (χ1) is 16.4. The first-order valence-electron chi connectivity index (χ1n) is 11.9. The van der Waals surface area contributed by atoms with Gasteiger partial charge in [0.15, 0.2) is 0 Å². The van der Waals surface area contributed by atoms with Crippen LogP contribution < -0.4 is 11.1 Å². The number of carboxylic acids is 1. The zero-order valence-electron chi connectivity index (χ0n) is 19.5. The van der Waals surface area contributed by atoms with Crippen molar-refractivity contribution in [3.8, 4) is 11.1 Å². The minimum atomic E-state index is -1.03. The van der Waals surface area contributed by atoms with Crippen molar-refractivity contribution in [3.63, 3.8) is 0 Å². The molecule has 0 aliphatic heterocycles. The van der Waals surface area contributed by atoms with E-state index in [0.717, 1.165) is 5.56 Å². The second-order valence-electron chi connectivity index (χ2n) is 9.29. The van der Waals surface area contributed by atoms with E-state index in [-0.39, 0.29) is 18.2 Å². The van der Waals surface area contributed by atoms with E-state index in [1.165, 1.54) is 41.5 Å². The van der Waals surface area contributed by atoms with Crippen molar-refractivity contribution in [1.82, 2.24) is 5.32 Å². The zero-order chi connectivity index (χ0) is 24.1. The van der Waals surface area contributed by atoms with Crippen LogP contribution in [0.1, 0.15) is 52.2 Å². The number of benzene rings is 3. The van der Waals surface area contributed by atoms with Crippen LogP contribution in [0.3, 0.4) is 0 Å². The maximum atomic E-state index is 12.8. The van der Waals surface area contributed by atoms with Gasteiger partial charge in [-0.2, -0.15) is 0 Å². The molecule has 0 saturated heterocycles. The Morgan fingerprint density at radius 2 is 1.71 bits per heavy atom. The van der Waals surface area contributed by atoms with Crippen LogP contribution in [-0.2, 0) is 11.2 Å². The van der Waals surface area contributed by atoms with E-state index in [4.69, 9.17) is 10.8 Å². The summed E-state index contributed by atoms with van der Waals surface area (Å²) in [5.41, 5.74) is 12.0. The van der Waals surface area contributed by atoms with Gasteiger partial charge in [0, 0.05) is 18.0 Å². The van der Waals surface area contributed by atoms with Crippen molar-refractivity contribution in [1.29, 1.82) is 0 Å². The number of carboxylic acid groups (broad SMARTS) is 1. The lowest BCUT2D eigenvalue weighted by molar-refractivity contribution is -0.138. The summed E-state index contributed by atoms with van der Waals surface area (Å²) in [6, 6.07) is 23.1. The van der Waals surface area contributed by atoms with E-state index in [1.807, 2.05) is 6.07 Å². The summed E-state index contributed by atoms with van der Waals surface area (Å²) in [6.07, 6.45) is 3.87. The number of aliphatic carboxylic acids is 1. The van der Waals surface area contributed by atoms with Gasteiger partial charge in [0.25, 0.3) is 5.91 Å². The van der Waals surface area contributed by atoms with Crippen molar-refractivity contribution in [2.45, 2.75) is 44.6 Å². The zero-order valence-corrected chi connectivity index (χ0v) is 19.5. The fourth-order valence-electron chi connectivity index (χ4n) is 4.71. The van der Waals surface area contributed by atoms with Crippen LogP contribution in [0.25, 0.3) is 11.1 Å². The molecule has 0 bridgehead atoms. The molecule has 0 aromatic heterocycles. The molecule has 34 heavy (non-hydrogen) atoms. The van der Waals surface area contributed by atoms with Gasteiger partial charge in [-0.15, -0.1) is 0 Å². The third-order valence-electron chi connectivity index (χ3n) is 6.97. The monoisotopic (exact) mass is 456 g/mol. The highest BCUT2D eigenvalue weighted by Crippen LogP contribution is 2.40. The first-order valence-corrected chi connectivity index (χ1v) is 11.9. The van der Waals surface area contributed by atoms with Gasteiger partial charge in [-0.1, -0.05) is 67.1 Å². The average Bonchev–Trinajstić information content (AvgIpc) is 2.81. The highest BCUT2D eigenvalue weighted by atomic mass is 16.4. The van der Waals surface area contributed by atoms with Gasteiger partial charge >= 0.3 is 5.97 Å². The molecule has 1 saturated carbocycles. The van der Waals surface area contributed by atoms with Gasteiger partial charge in [-0.25, -0.2) is 0 Å². The van der Waals surface area contributed by atoms with Crippen LogP contribution in [0, 0.1) is 12.8 Å². The largest absolute Gasteiger partial charge is 0.480 e. The van der Waals surface area contributed by atoms with Gasteiger partial charge in [0.2, 0.25) is 0 Å². The molecule has 176 valence electrons. The van der Waals surface area contributed by atoms with Gasteiger partial charge in [0.1, 0.15) is 6.04 Å². The van der Waals surface area contributed by atoms with Gasteiger partial charge in [-0.05, 0) is 72.1 Å². The number of aryl methyl sites for hydroxylation is 1. The number of nitrogens with one attached hydrogen (secondary N) is 1. The quantitative estimate of drug-likeness (QED) is 0.426. The number of rotatable bonds is 9. The molecular formula is C29H32N2O3. The Balaban J connectivity index is 1.44.